The molecule has 0 saturated carbocycles. The normalized spacial score (nSPS) is 20.1. The van der Waals surface area contributed by atoms with Crippen LogP contribution in [0.4, 0.5) is 0 Å². The summed E-state index contributed by atoms with van der Waals surface area (Å²) in [4.78, 5) is 14.1. The van der Waals surface area contributed by atoms with Gasteiger partial charge in [-0.15, -0.1) is 0 Å². The lowest BCUT2D eigenvalue weighted by Crippen LogP contribution is -2.42. The highest BCUT2D eigenvalue weighted by molar-refractivity contribution is 7.80. The average molecular weight is 259 g/mol. The zero-order chi connectivity index (χ0) is 11.7. The highest BCUT2D eigenvalue weighted by Gasteiger charge is 2.32. The van der Waals surface area contributed by atoms with Gasteiger partial charge in [-0.25, -0.2) is 0 Å². The Morgan fingerprint density at radius 2 is 2.44 bits per heavy atom. The molecule has 1 amide bonds. The molecule has 1 aromatic heterocycles. The molecule has 1 saturated heterocycles. The number of nitrogens with two attached hydrogens (primary N) is 1. The molecular formula is C10H11ClN2O2S. The second kappa shape index (κ2) is 4.43. The predicted molar refractivity (Wildman–Crippen MR) is 64.6 cm³/mol. The SMILES string of the molecule is NC(=S)C1CCCN1C(=O)c1ccoc1Cl. The molecule has 0 radical (unpaired) electrons. The molecule has 1 aromatic rings. The van der Waals surface area contributed by atoms with E-state index in [0.29, 0.717) is 17.1 Å². The minimum Gasteiger partial charge on any atom is -0.452 e. The lowest BCUT2D eigenvalue weighted by molar-refractivity contribution is 0.0770. The number of hydrogen-bond acceptors (Lipinski definition) is 3. The minimum atomic E-state index is -0.172. The predicted octanol–water partition coefficient (Wildman–Crippen LogP) is 1.82. The van der Waals surface area contributed by atoms with Crippen LogP contribution in [0.3, 0.4) is 0 Å². The fraction of sp³-hybridized carbons (Fsp3) is 0.400. The Morgan fingerprint density at radius 3 is 3.00 bits per heavy atom. The van der Waals surface area contributed by atoms with Gasteiger partial charge >= 0.3 is 0 Å². The molecule has 1 aliphatic rings. The zero-order valence-corrected chi connectivity index (χ0v) is 10.1. The molecule has 0 aromatic carbocycles. The smallest absolute Gasteiger partial charge is 0.259 e. The van der Waals surface area contributed by atoms with Crippen LogP contribution in [0.15, 0.2) is 16.7 Å². The fourth-order valence-electron chi connectivity index (χ4n) is 1.91. The quantitative estimate of drug-likeness (QED) is 0.822. The van der Waals surface area contributed by atoms with Gasteiger partial charge in [-0.05, 0) is 30.5 Å². The summed E-state index contributed by atoms with van der Waals surface area (Å²) >= 11 is 10.7. The molecular weight excluding hydrogens is 248 g/mol. The first-order valence-electron chi connectivity index (χ1n) is 4.94. The van der Waals surface area contributed by atoms with Crippen LogP contribution in [-0.4, -0.2) is 28.4 Å². The summed E-state index contributed by atoms with van der Waals surface area (Å²) in [6, 6.07) is 1.40. The first-order chi connectivity index (χ1) is 7.61. The second-order valence-electron chi connectivity index (χ2n) is 3.67. The maximum absolute atomic E-state index is 12.1. The molecule has 6 heteroatoms. The van der Waals surface area contributed by atoms with Gasteiger partial charge in [0, 0.05) is 6.54 Å². The number of thiocarbonyl (C=S) groups is 1. The molecule has 1 fully saturated rings. The monoisotopic (exact) mass is 258 g/mol. The Bertz CT molecular complexity index is 432. The number of halogens is 1. The number of carbonyl (C=O) groups excluding carboxylic acids is 1. The molecule has 86 valence electrons. The van der Waals surface area contributed by atoms with Crippen molar-refractivity contribution in [3.8, 4) is 0 Å². The molecule has 0 aliphatic carbocycles. The summed E-state index contributed by atoms with van der Waals surface area (Å²) in [5, 5.41) is 0.110. The van der Waals surface area contributed by atoms with Gasteiger partial charge in [0.1, 0.15) is 0 Å². The fourth-order valence-corrected chi connectivity index (χ4v) is 2.35. The summed E-state index contributed by atoms with van der Waals surface area (Å²) in [7, 11) is 0. The molecule has 16 heavy (non-hydrogen) atoms. The number of nitrogens with zero attached hydrogens (tertiary/aromatic N) is 1. The summed E-state index contributed by atoms with van der Waals surface area (Å²) in [5.41, 5.74) is 5.96. The van der Waals surface area contributed by atoms with Crippen LogP contribution < -0.4 is 5.73 Å². The van der Waals surface area contributed by atoms with E-state index in [9.17, 15) is 4.79 Å². The van der Waals surface area contributed by atoms with Crippen molar-refractivity contribution in [3.05, 3.63) is 23.1 Å². The highest BCUT2D eigenvalue weighted by Crippen LogP contribution is 2.24. The Hall–Kier alpha value is -1.07. The average Bonchev–Trinajstić information content (AvgIpc) is 2.84. The van der Waals surface area contributed by atoms with Crippen molar-refractivity contribution in [1.29, 1.82) is 0 Å². The van der Waals surface area contributed by atoms with Gasteiger partial charge in [0.2, 0.25) is 5.22 Å². The van der Waals surface area contributed by atoms with Crippen LogP contribution in [-0.2, 0) is 0 Å². The lowest BCUT2D eigenvalue weighted by atomic mass is 10.2. The third-order valence-corrected chi connectivity index (χ3v) is 3.26. The molecule has 4 nitrogen and oxygen atoms in total. The number of hydrogen-bond donors (Lipinski definition) is 1. The van der Waals surface area contributed by atoms with Gasteiger partial charge in [0.25, 0.3) is 5.91 Å². The Morgan fingerprint density at radius 1 is 1.69 bits per heavy atom. The molecule has 2 heterocycles. The molecule has 2 N–H and O–H groups in total. The van der Waals surface area contributed by atoms with Crippen LogP contribution in [0, 0.1) is 0 Å². The first kappa shape index (κ1) is 11.4. The van der Waals surface area contributed by atoms with Gasteiger partial charge in [0.05, 0.1) is 22.9 Å². The van der Waals surface area contributed by atoms with Gasteiger partial charge < -0.3 is 15.1 Å². The topological polar surface area (TPSA) is 59.5 Å². The van der Waals surface area contributed by atoms with Crippen LogP contribution in [0.25, 0.3) is 0 Å². The van der Waals surface area contributed by atoms with Crippen molar-refractivity contribution in [2.45, 2.75) is 18.9 Å². The van der Waals surface area contributed by atoms with Crippen molar-refractivity contribution in [1.82, 2.24) is 4.90 Å². The number of rotatable bonds is 2. The Kier molecular flexibility index (Phi) is 3.16. The third-order valence-electron chi connectivity index (χ3n) is 2.69. The summed E-state index contributed by atoms with van der Waals surface area (Å²) < 4.78 is 4.89. The Labute approximate surface area is 103 Å². The van der Waals surface area contributed by atoms with Gasteiger partial charge in [-0.2, -0.15) is 0 Å². The number of carbonyl (C=O) groups is 1. The van der Waals surface area contributed by atoms with Crippen molar-refractivity contribution >= 4 is 34.7 Å². The van der Waals surface area contributed by atoms with Crippen LogP contribution >= 0.6 is 23.8 Å². The second-order valence-corrected chi connectivity index (χ2v) is 4.48. The summed E-state index contributed by atoms with van der Waals surface area (Å²) in [5.74, 6) is -0.172. The van der Waals surface area contributed by atoms with Crippen molar-refractivity contribution in [2.75, 3.05) is 6.54 Å². The van der Waals surface area contributed by atoms with E-state index in [0.717, 1.165) is 12.8 Å². The third kappa shape index (κ3) is 1.92. The van der Waals surface area contributed by atoms with Crippen molar-refractivity contribution in [2.24, 2.45) is 5.73 Å². The maximum Gasteiger partial charge on any atom is 0.259 e. The van der Waals surface area contributed by atoms with E-state index in [1.807, 2.05) is 0 Å². The van der Waals surface area contributed by atoms with Crippen LogP contribution in [0.5, 0.6) is 0 Å². The van der Waals surface area contributed by atoms with E-state index < -0.39 is 0 Å². The van der Waals surface area contributed by atoms with Gasteiger partial charge in [-0.1, -0.05) is 12.2 Å². The summed E-state index contributed by atoms with van der Waals surface area (Å²) in [6.07, 6.45) is 3.11. The van der Waals surface area contributed by atoms with E-state index in [2.05, 4.69) is 0 Å². The van der Waals surface area contributed by atoms with E-state index in [1.165, 1.54) is 6.26 Å². The standard InChI is InChI=1S/C10H11ClN2O2S/c11-8-6(3-5-15-8)10(14)13-4-1-2-7(13)9(12)16/h3,5,7H,1-2,4H2,(H2,12,16). The molecule has 0 spiro atoms. The van der Waals surface area contributed by atoms with Crippen molar-refractivity contribution in [3.63, 3.8) is 0 Å². The van der Waals surface area contributed by atoms with Crippen LogP contribution in [0.1, 0.15) is 23.2 Å². The Balaban J connectivity index is 2.22. The van der Waals surface area contributed by atoms with Gasteiger partial charge in [-0.3, -0.25) is 4.79 Å². The minimum absolute atomic E-state index is 0.110. The largest absolute Gasteiger partial charge is 0.452 e. The molecule has 1 atom stereocenters. The molecule has 0 bridgehead atoms. The molecule has 1 unspecified atom stereocenters. The number of furan rings is 1. The first-order valence-corrected chi connectivity index (χ1v) is 5.73. The molecule has 2 rings (SSSR count). The summed E-state index contributed by atoms with van der Waals surface area (Å²) in [6.45, 7) is 0.655. The van der Waals surface area contributed by atoms with Crippen LogP contribution in [0.2, 0.25) is 5.22 Å². The van der Waals surface area contributed by atoms with E-state index >= 15 is 0 Å². The highest BCUT2D eigenvalue weighted by atomic mass is 35.5. The lowest BCUT2D eigenvalue weighted by Gasteiger charge is -2.23. The van der Waals surface area contributed by atoms with Gasteiger partial charge in [0.15, 0.2) is 0 Å². The number of likely N-dealkylation sites (tertiary alicyclic amines) is 1. The number of amides is 1. The molecule has 1 aliphatic heterocycles. The van der Waals surface area contributed by atoms with E-state index in [-0.39, 0.29) is 17.2 Å². The van der Waals surface area contributed by atoms with E-state index in [1.54, 1.807) is 11.0 Å². The van der Waals surface area contributed by atoms with Crippen molar-refractivity contribution < 1.29 is 9.21 Å². The zero-order valence-electron chi connectivity index (χ0n) is 8.48. The van der Waals surface area contributed by atoms with E-state index in [4.69, 9.17) is 34.0 Å². The maximum atomic E-state index is 12.1.